The molecule has 1 N–H and O–H groups in total. The zero-order valence-electron chi connectivity index (χ0n) is 16.1. The molecule has 2 aromatic rings. The van der Waals surface area contributed by atoms with Crippen molar-refractivity contribution in [1.29, 1.82) is 0 Å². The highest BCUT2D eigenvalue weighted by atomic mass is 32.2. The van der Waals surface area contributed by atoms with E-state index in [-0.39, 0.29) is 10.8 Å². The van der Waals surface area contributed by atoms with Crippen LogP contribution in [0.15, 0.2) is 47.5 Å². The van der Waals surface area contributed by atoms with Gasteiger partial charge in [-0.05, 0) is 55.3 Å². The average Bonchev–Trinajstić information content (AvgIpc) is 2.65. The van der Waals surface area contributed by atoms with E-state index in [9.17, 15) is 13.2 Å². The third-order valence-electron chi connectivity index (χ3n) is 4.34. The molecule has 6 nitrogen and oxygen atoms in total. The molecule has 0 bridgehead atoms. The van der Waals surface area contributed by atoms with Crippen LogP contribution in [0.5, 0.6) is 0 Å². The van der Waals surface area contributed by atoms with E-state index < -0.39 is 10.0 Å². The zero-order valence-corrected chi connectivity index (χ0v) is 16.9. The number of hydrogen-bond donors (Lipinski definition) is 1. The van der Waals surface area contributed by atoms with E-state index in [1.807, 2.05) is 19.9 Å². The molecule has 0 aliphatic heterocycles. The summed E-state index contributed by atoms with van der Waals surface area (Å²) in [6.07, 6.45) is 4.63. The van der Waals surface area contributed by atoms with Crippen molar-refractivity contribution in [3.05, 3.63) is 59.4 Å². The van der Waals surface area contributed by atoms with Crippen LogP contribution in [0, 0.1) is 13.8 Å². The Morgan fingerprint density at radius 3 is 2.48 bits per heavy atom. The van der Waals surface area contributed by atoms with E-state index in [0.717, 1.165) is 11.1 Å². The van der Waals surface area contributed by atoms with E-state index in [1.54, 1.807) is 44.3 Å². The molecular weight excluding hydrogens is 362 g/mol. The Hall–Kier alpha value is -2.51. The molecule has 0 atom stereocenters. The second-order valence-corrected chi connectivity index (χ2v) is 8.02. The minimum absolute atomic E-state index is 0.179. The largest absolute Gasteiger partial charge is 0.322 e. The molecule has 1 heterocycles. The van der Waals surface area contributed by atoms with Gasteiger partial charge in [0.1, 0.15) is 0 Å². The van der Waals surface area contributed by atoms with Crippen molar-refractivity contribution >= 4 is 27.7 Å². The van der Waals surface area contributed by atoms with Crippen molar-refractivity contribution < 1.29 is 13.2 Å². The number of carbonyl (C=O) groups is 1. The Morgan fingerprint density at radius 1 is 1.19 bits per heavy atom. The number of pyridine rings is 1. The fourth-order valence-electron chi connectivity index (χ4n) is 2.63. The van der Waals surface area contributed by atoms with Gasteiger partial charge in [-0.2, -0.15) is 4.31 Å². The van der Waals surface area contributed by atoms with Crippen LogP contribution in [-0.4, -0.2) is 36.7 Å². The van der Waals surface area contributed by atoms with Crippen molar-refractivity contribution in [1.82, 2.24) is 9.29 Å². The predicted octanol–water partition coefficient (Wildman–Crippen LogP) is 3.38. The highest BCUT2D eigenvalue weighted by Crippen LogP contribution is 2.26. The third kappa shape index (κ3) is 5.02. The smallest absolute Gasteiger partial charge is 0.248 e. The van der Waals surface area contributed by atoms with Crippen LogP contribution in [0.2, 0.25) is 0 Å². The Morgan fingerprint density at radius 2 is 1.89 bits per heavy atom. The van der Waals surface area contributed by atoms with Crippen LogP contribution < -0.4 is 5.32 Å². The van der Waals surface area contributed by atoms with Crippen molar-refractivity contribution in [3.8, 4) is 0 Å². The standard InChI is InChI=1S/C20H25N3O3S/c1-5-23(6-2)27(25,26)18-13-15(3)16(4)19(14-18)22-20(24)11-10-17-9-7-8-12-21-17/h7-14H,5-6H2,1-4H3,(H,22,24)/b11-10-. The first-order valence-electron chi connectivity index (χ1n) is 8.81. The highest BCUT2D eigenvalue weighted by molar-refractivity contribution is 7.89. The fourth-order valence-corrected chi connectivity index (χ4v) is 4.20. The SMILES string of the molecule is CCN(CC)S(=O)(=O)c1cc(C)c(C)c(NC(=O)/C=C\c2ccccn2)c1. The lowest BCUT2D eigenvalue weighted by Crippen LogP contribution is -2.30. The van der Waals surface area contributed by atoms with Crippen LogP contribution in [0.25, 0.3) is 6.08 Å². The molecule has 0 saturated heterocycles. The number of anilines is 1. The van der Waals surface area contributed by atoms with Crippen LogP contribution >= 0.6 is 0 Å². The lowest BCUT2D eigenvalue weighted by atomic mass is 10.1. The minimum Gasteiger partial charge on any atom is -0.322 e. The molecule has 0 spiro atoms. The number of nitrogens with one attached hydrogen (secondary N) is 1. The molecule has 27 heavy (non-hydrogen) atoms. The van der Waals surface area contributed by atoms with Crippen molar-refractivity contribution in [2.24, 2.45) is 0 Å². The highest BCUT2D eigenvalue weighted by Gasteiger charge is 2.23. The molecule has 0 radical (unpaired) electrons. The summed E-state index contributed by atoms with van der Waals surface area (Å²) in [5, 5.41) is 2.77. The average molecular weight is 388 g/mol. The summed E-state index contributed by atoms with van der Waals surface area (Å²) in [4.78, 5) is 16.6. The van der Waals surface area contributed by atoms with Crippen LogP contribution in [0.3, 0.4) is 0 Å². The quantitative estimate of drug-likeness (QED) is 0.739. The maximum absolute atomic E-state index is 12.8. The second-order valence-electron chi connectivity index (χ2n) is 6.08. The van der Waals surface area contributed by atoms with Crippen LogP contribution in [0.1, 0.15) is 30.7 Å². The first kappa shape index (κ1) is 20.8. The monoisotopic (exact) mass is 387 g/mol. The van der Waals surface area contributed by atoms with E-state index in [0.29, 0.717) is 24.5 Å². The Bertz CT molecular complexity index is 934. The first-order chi connectivity index (χ1) is 12.8. The summed E-state index contributed by atoms with van der Waals surface area (Å²) in [5.74, 6) is -0.347. The van der Waals surface area contributed by atoms with Gasteiger partial charge < -0.3 is 5.32 Å². The number of sulfonamides is 1. The van der Waals surface area contributed by atoms with Gasteiger partial charge in [-0.25, -0.2) is 8.42 Å². The molecule has 0 saturated carbocycles. The van der Waals surface area contributed by atoms with Crippen LogP contribution in [0.4, 0.5) is 5.69 Å². The summed E-state index contributed by atoms with van der Waals surface area (Å²) < 4.78 is 27.0. The maximum Gasteiger partial charge on any atom is 0.248 e. The molecule has 0 aliphatic rings. The number of aromatic nitrogens is 1. The van der Waals surface area contributed by atoms with Crippen molar-refractivity contribution in [3.63, 3.8) is 0 Å². The topological polar surface area (TPSA) is 79.4 Å². The number of aryl methyl sites for hydroxylation is 1. The summed E-state index contributed by atoms with van der Waals surface area (Å²) >= 11 is 0. The van der Waals surface area contributed by atoms with Crippen molar-refractivity contribution in [2.45, 2.75) is 32.6 Å². The van der Waals surface area contributed by atoms with Gasteiger partial charge in [-0.15, -0.1) is 0 Å². The van der Waals surface area contributed by atoms with Crippen LogP contribution in [-0.2, 0) is 14.8 Å². The lowest BCUT2D eigenvalue weighted by molar-refractivity contribution is -0.111. The predicted molar refractivity (Wildman–Crippen MR) is 108 cm³/mol. The number of amides is 1. The second kappa shape index (κ2) is 8.92. The Balaban J connectivity index is 2.31. The van der Waals surface area contributed by atoms with E-state index in [1.165, 1.54) is 16.4 Å². The van der Waals surface area contributed by atoms with Gasteiger partial charge in [0.25, 0.3) is 0 Å². The third-order valence-corrected chi connectivity index (χ3v) is 6.36. The summed E-state index contributed by atoms with van der Waals surface area (Å²) in [7, 11) is -3.60. The molecule has 0 unspecified atom stereocenters. The Labute approximate surface area is 161 Å². The van der Waals surface area contributed by atoms with E-state index in [2.05, 4.69) is 10.3 Å². The van der Waals surface area contributed by atoms with Gasteiger partial charge in [-0.1, -0.05) is 19.9 Å². The molecule has 2 rings (SSSR count). The normalized spacial score (nSPS) is 11.9. The molecule has 1 aromatic carbocycles. The van der Waals surface area contributed by atoms with Gasteiger partial charge in [0.05, 0.1) is 10.6 Å². The fraction of sp³-hybridized carbons (Fsp3) is 0.300. The Kier molecular flexibility index (Phi) is 6.87. The molecule has 0 fully saturated rings. The van der Waals surface area contributed by atoms with E-state index in [4.69, 9.17) is 0 Å². The van der Waals surface area contributed by atoms with Gasteiger partial charge >= 0.3 is 0 Å². The molecular formula is C20H25N3O3S. The molecule has 0 aliphatic carbocycles. The molecule has 1 amide bonds. The van der Waals surface area contributed by atoms with E-state index >= 15 is 0 Å². The lowest BCUT2D eigenvalue weighted by Gasteiger charge is -2.20. The number of hydrogen-bond acceptors (Lipinski definition) is 4. The summed E-state index contributed by atoms with van der Waals surface area (Å²) in [6, 6.07) is 8.58. The molecule has 144 valence electrons. The van der Waals surface area contributed by atoms with Gasteiger partial charge in [-0.3, -0.25) is 9.78 Å². The summed E-state index contributed by atoms with van der Waals surface area (Å²) in [5.41, 5.74) is 2.77. The summed E-state index contributed by atoms with van der Waals surface area (Å²) in [6.45, 7) is 8.05. The number of nitrogens with zero attached hydrogens (tertiary/aromatic N) is 2. The molecule has 1 aromatic heterocycles. The van der Waals surface area contributed by atoms with Crippen molar-refractivity contribution in [2.75, 3.05) is 18.4 Å². The minimum atomic E-state index is -3.60. The van der Waals surface area contributed by atoms with Gasteiger partial charge in [0, 0.05) is 31.0 Å². The maximum atomic E-state index is 12.8. The van der Waals surface area contributed by atoms with Gasteiger partial charge in [0.2, 0.25) is 15.9 Å². The number of carbonyl (C=O) groups excluding carboxylic acids is 1. The zero-order chi connectivity index (χ0) is 20.0. The molecule has 7 heteroatoms. The number of benzene rings is 1. The first-order valence-corrected chi connectivity index (χ1v) is 10.2. The van der Waals surface area contributed by atoms with Gasteiger partial charge in [0.15, 0.2) is 0 Å². The number of rotatable bonds is 7.